The number of carbonyl (C=O) groups is 3. The zero-order valence-corrected chi connectivity index (χ0v) is 15.3. The van der Waals surface area contributed by atoms with E-state index in [2.05, 4.69) is 10.7 Å². The van der Waals surface area contributed by atoms with Gasteiger partial charge in [0.05, 0.1) is 12.1 Å². The summed E-state index contributed by atoms with van der Waals surface area (Å²) in [6.45, 7) is -0.586. The van der Waals surface area contributed by atoms with Gasteiger partial charge in [0.1, 0.15) is 10.9 Å². The van der Waals surface area contributed by atoms with Crippen molar-refractivity contribution in [1.29, 1.82) is 0 Å². The smallest absolute Gasteiger partial charge is 0.326 e. The number of fused-ring (bicyclic) bond motifs is 1. The van der Waals surface area contributed by atoms with Gasteiger partial charge in [-0.25, -0.2) is 10.2 Å². The Kier molecular flexibility index (Phi) is 5.43. The van der Waals surface area contributed by atoms with Gasteiger partial charge in [-0.1, -0.05) is 42.5 Å². The average Bonchev–Trinajstić information content (AvgIpc) is 2.86. The topological polar surface area (TPSA) is 133 Å². The van der Waals surface area contributed by atoms with E-state index < -0.39 is 40.4 Å². The quantitative estimate of drug-likeness (QED) is 0.599. The number of aliphatic carboxylic acids is 1. The summed E-state index contributed by atoms with van der Waals surface area (Å²) < 4.78 is 25.2. The highest BCUT2D eigenvalue weighted by Gasteiger charge is 2.41. The molecule has 0 bridgehead atoms. The van der Waals surface area contributed by atoms with Crippen molar-refractivity contribution in [2.24, 2.45) is 0 Å². The molecule has 2 aromatic rings. The molecular weight excluding hydrogens is 386 g/mol. The molecule has 10 heteroatoms. The van der Waals surface area contributed by atoms with Crippen LogP contribution in [0.5, 0.6) is 0 Å². The molecule has 0 aromatic heterocycles. The van der Waals surface area contributed by atoms with Gasteiger partial charge in [0.25, 0.3) is 15.9 Å². The van der Waals surface area contributed by atoms with Gasteiger partial charge >= 0.3 is 5.97 Å². The summed E-state index contributed by atoms with van der Waals surface area (Å²) in [5.41, 5.74) is 2.99. The molecule has 9 nitrogen and oxygen atoms in total. The third-order valence-electron chi connectivity index (χ3n) is 4.12. The van der Waals surface area contributed by atoms with Crippen LogP contribution in [0.2, 0.25) is 0 Å². The van der Waals surface area contributed by atoms with E-state index in [0.717, 1.165) is 5.56 Å². The van der Waals surface area contributed by atoms with Gasteiger partial charge < -0.3 is 10.4 Å². The second-order valence-electron chi connectivity index (χ2n) is 6.05. The number of sulfonamides is 1. The molecule has 0 saturated heterocycles. The number of nitrogens with one attached hydrogen (secondary N) is 2. The van der Waals surface area contributed by atoms with E-state index in [9.17, 15) is 27.9 Å². The van der Waals surface area contributed by atoms with Crippen molar-refractivity contribution in [3.8, 4) is 0 Å². The van der Waals surface area contributed by atoms with E-state index in [4.69, 9.17) is 0 Å². The highest BCUT2D eigenvalue weighted by molar-refractivity contribution is 7.90. The standard InChI is InChI=1S/C18H17N3O6S/c22-16(20-14(18(24)25)10-12-6-2-1-3-7-12)11-19-21-17(23)13-8-4-5-9-15(13)28(21,26)27/h1-9,14,19H,10-11H2,(H,20,22)(H,24,25). The second-order valence-corrected chi connectivity index (χ2v) is 7.81. The summed E-state index contributed by atoms with van der Waals surface area (Å²) in [5.74, 6) is -2.79. The summed E-state index contributed by atoms with van der Waals surface area (Å²) in [6, 6.07) is 13.2. The van der Waals surface area contributed by atoms with Crippen molar-refractivity contribution in [2.75, 3.05) is 6.54 Å². The van der Waals surface area contributed by atoms with Gasteiger partial charge in [0.2, 0.25) is 5.91 Å². The van der Waals surface area contributed by atoms with Crippen LogP contribution in [0.25, 0.3) is 0 Å². The molecule has 0 spiro atoms. The lowest BCUT2D eigenvalue weighted by Gasteiger charge is -2.18. The lowest BCUT2D eigenvalue weighted by Crippen LogP contribution is -2.50. The van der Waals surface area contributed by atoms with Crippen LogP contribution < -0.4 is 10.7 Å². The fourth-order valence-electron chi connectivity index (χ4n) is 2.78. The molecule has 1 aliphatic rings. The largest absolute Gasteiger partial charge is 0.480 e. The van der Waals surface area contributed by atoms with Gasteiger partial charge in [-0.15, -0.1) is 0 Å². The highest BCUT2D eigenvalue weighted by atomic mass is 32.2. The Balaban J connectivity index is 1.64. The molecule has 0 saturated carbocycles. The number of carbonyl (C=O) groups excluding carboxylic acids is 2. The first-order valence-electron chi connectivity index (χ1n) is 8.29. The number of carboxylic acid groups (broad SMARTS) is 1. The zero-order chi connectivity index (χ0) is 20.3. The van der Waals surface area contributed by atoms with Crippen LogP contribution in [0.15, 0.2) is 59.5 Å². The van der Waals surface area contributed by atoms with Crippen molar-refractivity contribution in [3.63, 3.8) is 0 Å². The summed E-state index contributed by atoms with van der Waals surface area (Å²) in [7, 11) is -4.11. The molecule has 2 amide bonds. The van der Waals surface area contributed by atoms with Crippen LogP contribution in [0, 0.1) is 0 Å². The van der Waals surface area contributed by atoms with Crippen molar-refractivity contribution in [2.45, 2.75) is 17.4 Å². The van der Waals surface area contributed by atoms with E-state index in [1.54, 1.807) is 30.3 Å². The second kappa shape index (κ2) is 7.79. The molecule has 1 atom stereocenters. The maximum Gasteiger partial charge on any atom is 0.326 e. The Bertz CT molecular complexity index is 1020. The molecule has 2 aromatic carbocycles. The molecule has 0 fully saturated rings. The number of hydrazine groups is 1. The number of nitrogens with zero attached hydrogens (tertiary/aromatic N) is 1. The third kappa shape index (κ3) is 3.87. The Morgan fingerprint density at radius 2 is 1.68 bits per heavy atom. The summed E-state index contributed by atoms with van der Waals surface area (Å²) in [5, 5.41) is 11.6. The Labute approximate surface area is 161 Å². The van der Waals surface area contributed by atoms with Gasteiger partial charge in [0.15, 0.2) is 0 Å². The lowest BCUT2D eigenvalue weighted by atomic mass is 10.1. The first-order chi connectivity index (χ1) is 13.3. The minimum atomic E-state index is -4.11. The Morgan fingerprint density at radius 3 is 2.32 bits per heavy atom. The molecule has 0 aliphatic carbocycles. The first kappa shape index (κ1) is 19.5. The van der Waals surface area contributed by atoms with Gasteiger partial charge in [0, 0.05) is 6.42 Å². The zero-order valence-electron chi connectivity index (χ0n) is 14.5. The van der Waals surface area contributed by atoms with Crippen LogP contribution >= 0.6 is 0 Å². The minimum absolute atomic E-state index is 0.00268. The molecular formula is C18H17N3O6S. The molecule has 1 aliphatic heterocycles. The number of benzene rings is 2. The molecule has 3 N–H and O–H groups in total. The van der Waals surface area contributed by atoms with Crippen molar-refractivity contribution in [1.82, 2.24) is 15.2 Å². The van der Waals surface area contributed by atoms with E-state index >= 15 is 0 Å². The fourth-order valence-corrected chi connectivity index (χ4v) is 4.21. The molecule has 1 heterocycles. The number of rotatable bonds is 7. The fraction of sp³-hybridized carbons (Fsp3) is 0.167. The SMILES string of the molecule is O=C(CNN1C(=O)c2ccccc2S1(=O)=O)NC(Cc1ccccc1)C(=O)O. The Morgan fingerprint density at radius 1 is 1.04 bits per heavy atom. The molecule has 146 valence electrons. The predicted molar refractivity (Wildman–Crippen MR) is 97.5 cm³/mol. The molecule has 1 unspecified atom stereocenters. The third-order valence-corrected chi connectivity index (χ3v) is 5.81. The lowest BCUT2D eigenvalue weighted by molar-refractivity contribution is -0.141. The molecule has 0 radical (unpaired) electrons. The number of hydrogen-bond donors (Lipinski definition) is 3. The van der Waals surface area contributed by atoms with Crippen LogP contribution in [0.4, 0.5) is 0 Å². The van der Waals surface area contributed by atoms with E-state index in [1.807, 2.05) is 0 Å². The highest BCUT2D eigenvalue weighted by Crippen LogP contribution is 2.28. The van der Waals surface area contributed by atoms with Crippen molar-refractivity contribution in [3.05, 3.63) is 65.7 Å². The van der Waals surface area contributed by atoms with Crippen LogP contribution in [-0.4, -0.2) is 48.3 Å². The maximum absolute atomic E-state index is 12.4. The minimum Gasteiger partial charge on any atom is -0.480 e. The summed E-state index contributed by atoms with van der Waals surface area (Å²) >= 11 is 0. The summed E-state index contributed by atoms with van der Waals surface area (Å²) in [6.07, 6.45) is 0.0638. The van der Waals surface area contributed by atoms with Crippen LogP contribution in [0.1, 0.15) is 15.9 Å². The molecule has 28 heavy (non-hydrogen) atoms. The predicted octanol–water partition coefficient (Wildman–Crippen LogP) is 0.148. The van der Waals surface area contributed by atoms with Crippen LogP contribution in [0.3, 0.4) is 0 Å². The number of hydrogen-bond acceptors (Lipinski definition) is 6. The molecule has 3 rings (SSSR count). The normalized spacial score (nSPS) is 15.7. The van der Waals surface area contributed by atoms with E-state index in [1.165, 1.54) is 24.3 Å². The average molecular weight is 403 g/mol. The van der Waals surface area contributed by atoms with Crippen LogP contribution in [-0.2, 0) is 26.0 Å². The first-order valence-corrected chi connectivity index (χ1v) is 9.73. The number of amides is 2. The monoisotopic (exact) mass is 403 g/mol. The van der Waals surface area contributed by atoms with Crippen molar-refractivity contribution >= 4 is 27.8 Å². The van der Waals surface area contributed by atoms with Gasteiger partial charge in [-0.05, 0) is 17.7 Å². The Hall–Kier alpha value is -3.24. The van der Waals surface area contributed by atoms with Gasteiger partial charge in [-0.2, -0.15) is 12.8 Å². The summed E-state index contributed by atoms with van der Waals surface area (Å²) in [4.78, 5) is 35.6. The van der Waals surface area contributed by atoms with E-state index in [0.29, 0.717) is 4.41 Å². The van der Waals surface area contributed by atoms with E-state index in [-0.39, 0.29) is 16.9 Å². The van der Waals surface area contributed by atoms with Gasteiger partial charge in [-0.3, -0.25) is 9.59 Å². The maximum atomic E-state index is 12.4. The number of carboxylic acids is 1. The van der Waals surface area contributed by atoms with Crippen molar-refractivity contribution < 1.29 is 27.9 Å².